The summed E-state index contributed by atoms with van der Waals surface area (Å²) in [6.45, 7) is 4.11. The van der Waals surface area contributed by atoms with Crippen LogP contribution in [0.3, 0.4) is 0 Å². The minimum atomic E-state index is -0.136. The summed E-state index contributed by atoms with van der Waals surface area (Å²) in [5.74, 6) is 0.103. The number of amides is 1. The van der Waals surface area contributed by atoms with Gasteiger partial charge in [0.05, 0.1) is 22.2 Å². The highest BCUT2D eigenvalue weighted by molar-refractivity contribution is 7.99. The van der Waals surface area contributed by atoms with Gasteiger partial charge in [0.1, 0.15) is 5.03 Å². The molecular weight excluding hydrogens is 366 g/mol. The van der Waals surface area contributed by atoms with Crippen LogP contribution in [-0.2, 0) is 4.79 Å². The van der Waals surface area contributed by atoms with E-state index >= 15 is 0 Å². The van der Waals surface area contributed by atoms with Gasteiger partial charge in [-0.15, -0.1) is 10.2 Å². The van der Waals surface area contributed by atoms with E-state index in [1.54, 1.807) is 12.1 Å². The summed E-state index contributed by atoms with van der Waals surface area (Å²) in [7, 11) is 0. The number of halogens is 1. The molecule has 1 amide bonds. The molecule has 0 atom stereocenters. The first kappa shape index (κ1) is 18.4. The highest BCUT2D eigenvalue weighted by Gasteiger charge is 2.09. The van der Waals surface area contributed by atoms with Crippen molar-refractivity contribution in [2.24, 2.45) is 0 Å². The molecule has 132 valence electrons. The van der Waals surface area contributed by atoms with Crippen LogP contribution in [0, 0.1) is 13.8 Å². The van der Waals surface area contributed by atoms with E-state index in [-0.39, 0.29) is 11.7 Å². The molecule has 0 saturated heterocycles. The Hall–Kier alpha value is -2.37. The average molecular weight is 384 g/mol. The predicted molar refractivity (Wildman–Crippen MR) is 108 cm³/mol. The fraction of sp³-hybridized carbons (Fsp3) is 0.150. The fourth-order valence-electron chi connectivity index (χ4n) is 2.44. The van der Waals surface area contributed by atoms with Gasteiger partial charge in [-0.3, -0.25) is 4.79 Å². The van der Waals surface area contributed by atoms with E-state index in [1.807, 2.05) is 24.3 Å². The number of rotatable bonds is 5. The zero-order valence-corrected chi connectivity index (χ0v) is 16.1. The molecule has 0 spiro atoms. The quantitative estimate of drug-likeness (QED) is 0.619. The Balaban J connectivity index is 1.62. The van der Waals surface area contributed by atoms with E-state index in [2.05, 4.69) is 47.6 Å². The highest BCUT2D eigenvalue weighted by atomic mass is 35.5. The van der Waals surface area contributed by atoms with Crippen molar-refractivity contribution in [1.29, 1.82) is 0 Å². The van der Waals surface area contributed by atoms with Gasteiger partial charge in [0.25, 0.3) is 0 Å². The third kappa shape index (κ3) is 4.62. The molecule has 1 heterocycles. The first-order valence-corrected chi connectivity index (χ1v) is 9.48. The van der Waals surface area contributed by atoms with Crippen molar-refractivity contribution in [2.45, 2.75) is 18.9 Å². The maximum atomic E-state index is 12.1. The van der Waals surface area contributed by atoms with Crippen LogP contribution in [0.5, 0.6) is 0 Å². The first-order chi connectivity index (χ1) is 12.5. The molecule has 2 aromatic carbocycles. The summed E-state index contributed by atoms with van der Waals surface area (Å²) in [5.41, 5.74) is 4.85. The number of hydrogen-bond donors (Lipinski definition) is 1. The molecule has 1 aromatic heterocycles. The van der Waals surface area contributed by atoms with Crippen molar-refractivity contribution >= 4 is 35.0 Å². The molecule has 6 heteroatoms. The lowest BCUT2D eigenvalue weighted by Crippen LogP contribution is -2.14. The number of para-hydroxylation sites is 1. The molecule has 0 unspecified atom stereocenters. The van der Waals surface area contributed by atoms with Crippen LogP contribution in [0.25, 0.3) is 11.3 Å². The van der Waals surface area contributed by atoms with Crippen LogP contribution in [0.4, 0.5) is 5.69 Å². The van der Waals surface area contributed by atoms with Crippen molar-refractivity contribution in [3.63, 3.8) is 0 Å². The van der Waals surface area contributed by atoms with Crippen LogP contribution >= 0.6 is 23.4 Å². The van der Waals surface area contributed by atoms with Crippen LogP contribution in [0.15, 0.2) is 59.6 Å². The normalized spacial score (nSPS) is 10.6. The number of aromatic nitrogens is 2. The number of carbonyl (C=O) groups excluding carboxylic acids is 1. The standard InChI is InChI=1S/C20H18ClN3OS/c1-13-7-8-14(2)15(11-13)17-9-10-20(24-23-17)26-12-19(25)22-18-6-4-3-5-16(18)21/h3-11H,12H2,1-2H3,(H,22,25). The van der Waals surface area contributed by atoms with Crippen molar-refractivity contribution in [3.05, 3.63) is 70.7 Å². The SMILES string of the molecule is Cc1ccc(C)c(-c2ccc(SCC(=O)Nc3ccccc3Cl)nn2)c1. The van der Waals surface area contributed by atoms with Gasteiger partial charge in [-0.05, 0) is 49.7 Å². The van der Waals surface area contributed by atoms with E-state index in [9.17, 15) is 4.79 Å². The Kier molecular flexibility index (Phi) is 5.91. The Morgan fingerprint density at radius 3 is 2.62 bits per heavy atom. The summed E-state index contributed by atoms with van der Waals surface area (Å²) in [4.78, 5) is 12.1. The lowest BCUT2D eigenvalue weighted by atomic mass is 10.0. The van der Waals surface area contributed by atoms with E-state index in [4.69, 9.17) is 11.6 Å². The molecule has 26 heavy (non-hydrogen) atoms. The van der Waals surface area contributed by atoms with Gasteiger partial charge in [-0.2, -0.15) is 0 Å². The largest absolute Gasteiger partial charge is 0.324 e. The predicted octanol–water partition coefficient (Wildman–Crippen LogP) is 5.14. The van der Waals surface area contributed by atoms with E-state index in [0.717, 1.165) is 16.8 Å². The lowest BCUT2D eigenvalue weighted by Gasteiger charge is -2.08. The zero-order chi connectivity index (χ0) is 18.5. The Morgan fingerprint density at radius 1 is 1.08 bits per heavy atom. The van der Waals surface area contributed by atoms with Gasteiger partial charge >= 0.3 is 0 Å². The topological polar surface area (TPSA) is 54.9 Å². The van der Waals surface area contributed by atoms with Crippen molar-refractivity contribution < 1.29 is 4.79 Å². The number of benzene rings is 2. The molecular formula is C20H18ClN3OS. The summed E-state index contributed by atoms with van der Waals surface area (Å²) < 4.78 is 0. The third-order valence-corrected chi connectivity index (χ3v) is 5.06. The molecule has 3 aromatic rings. The summed E-state index contributed by atoms with van der Waals surface area (Å²) in [6.07, 6.45) is 0. The minimum absolute atomic E-state index is 0.136. The molecule has 4 nitrogen and oxygen atoms in total. The average Bonchev–Trinajstić information content (AvgIpc) is 2.64. The van der Waals surface area contributed by atoms with Gasteiger partial charge in [0.15, 0.2) is 0 Å². The summed E-state index contributed by atoms with van der Waals surface area (Å²) in [5, 5.41) is 12.5. The van der Waals surface area contributed by atoms with Crippen molar-refractivity contribution in [3.8, 4) is 11.3 Å². The highest BCUT2D eigenvalue weighted by Crippen LogP contribution is 2.24. The van der Waals surface area contributed by atoms with Crippen LogP contribution in [0.1, 0.15) is 11.1 Å². The molecule has 0 radical (unpaired) electrons. The Bertz CT molecular complexity index is 929. The maximum Gasteiger partial charge on any atom is 0.234 e. The Labute approximate surface area is 162 Å². The van der Waals surface area contributed by atoms with Gasteiger partial charge < -0.3 is 5.32 Å². The number of nitrogens with one attached hydrogen (secondary N) is 1. The third-order valence-electron chi connectivity index (χ3n) is 3.81. The zero-order valence-electron chi connectivity index (χ0n) is 14.5. The van der Waals surface area contributed by atoms with Gasteiger partial charge in [0, 0.05) is 5.56 Å². The van der Waals surface area contributed by atoms with Crippen molar-refractivity contribution in [1.82, 2.24) is 10.2 Å². The van der Waals surface area contributed by atoms with Crippen LogP contribution in [-0.4, -0.2) is 21.9 Å². The molecule has 3 rings (SSSR count). The second kappa shape index (κ2) is 8.34. The van der Waals surface area contributed by atoms with Gasteiger partial charge in [0.2, 0.25) is 5.91 Å². The lowest BCUT2D eigenvalue weighted by molar-refractivity contribution is -0.113. The van der Waals surface area contributed by atoms with Gasteiger partial charge in [-0.1, -0.05) is 53.2 Å². The first-order valence-electron chi connectivity index (χ1n) is 8.11. The number of nitrogens with zero attached hydrogens (tertiary/aromatic N) is 2. The molecule has 0 aliphatic heterocycles. The smallest absolute Gasteiger partial charge is 0.234 e. The van der Waals surface area contributed by atoms with Crippen LogP contribution < -0.4 is 5.32 Å². The molecule has 1 N–H and O–H groups in total. The van der Waals surface area contributed by atoms with Crippen LogP contribution in [0.2, 0.25) is 5.02 Å². The number of aryl methyl sites for hydroxylation is 2. The van der Waals surface area contributed by atoms with E-state index in [0.29, 0.717) is 15.7 Å². The van der Waals surface area contributed by atoms with Crippen molar-refractivity contribution in [2.75, 3.05) is 11.1 Å². The summed E-state index contributed by atoms with van der Waals surface area (Å²) >= 11 is 7.38. The number of anilines is 1. The Morgan fingerprint density at radius 2 is 1.88 bits per heavy atom. The molecule has 0 fully saturated rings. The van der Waals surface area contributed by atoms with E-state index in [1.165, 1.54) is 17.3 Å². The minimum Gasteiger partial charge on any atom is -0.324 e. The summed E-state index contributed by atoms with van der Waals surface area (Å²) in [6, 6.07) is 17.2. The number of carbonyl (C=O) groups is 1. The number of thioether (sulfide) groups is 1. The number of hydrogen-bond acceptors (Lipinski definition) is 4. The maximum absolute atomic E-state index is 12.1. The second-order valence-electron chi connectivity index (χ2n) is 5.89. The molecule has 0 aliphatic carbocycles. The second-order valence-corrected chi connectivity index (χ2v) is 7.29. The fourth-order valence-corrected chi connectivity index (χ4v) is 3.24. The monoisotopic (exact) mass is 383 g/mol. The van der Waals surface area contributed by atoms with E-state index < -0.39 is 0 Å². The van der Waals surface area contributed by atoms with Gasteiger partial charge in [-0.25, -0.2) is 0 Å². The molecule has 0 aliphatic rings. The molecule has 0 bridgehead atoms. The molecule has 0 saturated carbocycles.